The van der Waals surface area contributed by atoms with Gasteiger partial charge in [0.05, 0.1) is 19.2 Å². The molecule has 8 heteroatoms. The average Bonchev–Trinajstić information content (AvgIpc) is 3.26. The Morgan fingerprint density at radius 3 is 3.22 bits per heavy atom. The van der Waals surface area contributed by atoms with Crippen LogP contribution in [-0.2, 0) is 11.3 Å². The summed E-state index contributed by atoms with van der Waals surface area (Å²) in [5.41, 5.74) is 0. The van der Waals surface area contributed by atoms with Crippen molar-refractivity contribution in [2.45, 2.75) is 32.5 Å². The molecule has 1 saturated heterocycles. The maximum atomic E-state index is 12.5. The summed E-state index contributed by atoms with van der Waals surface area (Å²) in [4.78, 5) is 15.4. The molecule has 1 N–H and O–H groups in total. The van der Waals surface area contributed by atoms with E-state index in [-0.39, 0.29) is 18.2 Å². The van der Waals surface area contributed by atoms with E-state index >= 15 is 0 Å². The Morgan fingerprint density at radius 2 is 2.48 bits per heavy atom. The minimum atomic E-state index is -0.228. The normalized spacial score (nSPS) is 19.6. The molecule has 124 valence electrons. The summed E-state index contributed by atoms with van der Waals surface area (Å²) in [6, 6.07) is 3.96. The number of amides is 2. The third-order valence-electron chi connectivity index (χ3n) is 3.94. The molecule has 1 aliphatic heterocycles. The van der Waals surface area contributed by atoms with Crippen LogP contribution in [0.4, 0.5) is 4.79 Å². The number of hydrogen-bond acceptors (Lipinski definition) is 5. The van der Waals surface area contributed by atoms with Crippen LogP contribution in [0.1, 0.15) is 36.7 Å². The van der Waals surface area contributed by atoms with Crippen molar-refractivity contribution in [2.24, 2.45) is 0 Å². The zero-order valence-corrected chi connectivity index (χ0v) is 14.1. The van der Waals surface area contributed by atoms with Gasteiger partial charge in [-0.1, -0.05) is 6.07 Å². The van der Waals surface area contributed by atoms with Crippen LogP contribution in [0.3, 0.4) is 0 Å². The van der Waals surface area contributed by atoms with Gasteiger partial charge >= 0.3 is 6.03 Å². The van der Waals surface area contributed by atoms with Gasteiger partial charge in [-0.3, -0.25) is 0 Å². The number of nitrogens with one attached hydrogen (secondary N) is 1. The molecule has 7 nitrogen and oxygen atoms in total. The Labute approximate surface area is 139 Å². The van der Waals surface area contributed by atoms with Gasteiger partial charge in [0.15, 0.2) is 5.82 Å². The molecule has 3 heterocycles. The fourth-order valence-electron chi connectivity index (χ4n) is 2.63. The Balaban J connectivity index is 1.63. The number of carbonyl (C=O) groups excluding carboxylic acids is 1. The molecule has 0 bridgehead atoms. The summed E-state index contributed by atoms with van der Waals surface area (Å²) in [6.07, 6.45) is 1.46. The molecule has 1 aliphatic rings. The van der Waals surface area contributed by atoms with Gasteiger partial charge in [0.2, 0.25) is 0 Å². The zero-order valence-electron chi connectivity index (χ0n) is 13.3. The largest absolute Gasteiger partial charge is 0.366 e. The van der Waals surface area contributed by atoms with Crippen LogP contribution in [0.25, 0.3) is 0 Å². The van der Waals surface area contributed by atoms with Gasteiger partial charge in [-0.2, -0.15) is 0 Å². The third-order valence-corrected chi connectivity index (χ3v) is 4.99. The Kier molecular flexibility index (Phi) is 4.92. The average molecular weight is 335 g/mol. The van der Waals surface area contributed by atoms with Crippen LogP contribution < -0.4 is 5.32 Å². The predicted molar refractivity (Wildman–Crippen MR) is 87.2 cm³/mol. The minimum Gasteiger partial charge on any atom is -0.366 e. The summed E-state index contributed by atoms with van der Waals surface area (Å²) in [5, 5.41) is 13.1. The van der Waals surface area contributed by atoms with Crippen molar-refractivity contribution in [3.05, 3.63) is 34.5 Å². The lowest BCUT2D eigenvalue weighted by Crippen LogP contribution is -2.48. The van der Waals surface area contributed by atoms with Crippen molar-refractivity contribution in [3.63, 3.8) is 0 Å². The highest BCUT2D eigenvalue weighted by Gasteiger charge is 2.29. The van der Waals surface area contributed by atoms with E-state index in [2.05, 4.69) is 15.5 Å². The van der Waals surface area contributed by atoms with Crippen molar-refractivity contribution in [2.75, 3.05) is 19.7 Å². The van der Waals surface area contributed by atoms with Crippen LogP contribution >= 0.6 is 11.3 Å². The molecular formula is C15H21N5O2S. The second-order valence-corrected chi connectivity index (χ2v) is 6.45. The van der Waals surface area contributed by atoms with Crippen LogP contribution in [0.5, 0.6) is 0 Å². The summed E-state index contributed by atoms with van der Waals surface area (Å²) in [6.45, 7) is 6.38. The first-order valence-electron chi connectivity index (χ1n) is 7.77. The molecule has 0 aromatic carbocycles. The summed E-state index contributed by atoms with van der Waals surface area (Å²) in [7, 11) is 0. The molecule has 0 spiro atoms. The topological polar surface area (TPSA) is 72.3 Å². The highest BCUT2D eigenvalue weighted by Crippen LogP contribution is 2.22. The number of nitrogens with zero attached hydrogens (tertiary/aromatic N) is 4. The summed E-state index contributed by atoms with van der Waals surface area (Å²) in [5.74, 6) is 0.774. The first kappa shape index (κ1) is 15.9. The van der Waals surface area contributed by atoms with Gasteiger partial charge in [-0.25, -0.2) is 4.79 Å². The first-order valence-corrected chi connectivity index (χ1v) is 8.65. The van der Waals surface area contributed by atoms with Crippen molar-refractivity contribution in [3.8, 4) is 0 Å². The molecule has 0 aliphatic carbocycles. The molecule has 2 atom stereocenters. The number of morpholine rings is 1. The van der Waals surface area contributed by atoms with Gasteiger partial charge in [0, 0.05) is 18.0 Å². The zero-order chi connectivity index (χ0) is 16.2. The SMILES string of the molecule is CCn1cnnc1[C@H]1CN(C(=O)N[C@H](C)c2cccs2)CCO1. The number of aromatic nitrogens is 3. The maximum Gasteiger partial charge on any atom is 0.318 e. The Hall–Kier alpha value is -1.93. The van der Waals surface area contributed by atoms with E-state index < -0.39 is 0 Å². The molecule has 3 rings (SSSR count). The Morgan fingerprint density at radius 1 is 1.61 bits per heavy atom. The molecule has 2 aromatic heterocycles. The lowest BCUT2D eigenvalue weighted by molar-refractivity contribution is -0.0220. The second-order valence-electron chi connectivity index (χ2n) is 5.47. The smallest absolute Gasteiger partial charge is 0.318 e. The number of carbonyl (C=O) groups is 1. The molecule has 2 aromatic rings. The van der Waals surface area contributed by atoms with E-state index in [9.17, 15) is 4.79 Å². The highest BCUT2D eigenvalue weighted by molar-refractivity contribution is 7.10. The quantitative estimate of drug-likeness (QED) is 0.930. The van der Waals surface area contributed by atoms with E-state index in [4.69, 9.17) is 4.74 Å². The number of urea groups is 1. The molecule has 0 radical (unpaired) electrons. The van der Waals surface area contributed by atoms with Gasteiger partial charge in [0.1, 0.15) is 12.4 Å². The predicted octanol–water partition coefficient (Wildman–Crippen LogP) is 2.20. The highest BCUT2D eigenvalue weighted by atomic mass is 32.1. The molecule has 0 unspecified atom stereocenters. The Bertz CT molecular complexity index is 642. The number of ether oxygens (including phenoxy) is 1. The van der Waals surface area contributed by atoms with Crippen LogP contribution in [0.15, 0.2) is 23.8 Å². The van der Waals surface area contributed by atoms with E-state index in [1.807, 2.05) is 35.9 Å². The summed E-state index contributed by atoms with van der Waals surface area (Å²) >= 11 is 1.64. The van der Waals surface area contributed by atoms with E-state index in [1.54, 1.807) is 22.6 Å². The molecular weight excluding hydrogens is 314 g/mol. The fraction of sp³-hybridized carbons (Fsp3) is 0.533. The molecule has 0 saturated carbocycles. The second kappa shape index (κ2) is 7.10. The first-order chi connectivity index (χ1) is 11.2. The molecule has 1 fully saturated rings. The monoisotopic (exact) mass is 335 g/mol. The van der Waals surface area contributed by atoms with Gasteiger partial charge in [-0.15, -0.1) is 21.5 Å². The van der Waals surface area contributed by atoms with Crippen molar-refractivity contribution in [1.29, 1.82) is 0 Å². The van der Waals surface area contributed by atoms with Gasteiger partial charge < -0.3 is 19.5 Å². The maximum absolute atomic E-state index is 12.5. The van der Waals surface area contributed by atoms with Crippen molar-refractivity contribution < 1.29 is 9.53 Å². The van der Waals surface area contributed by atoms with Gasteiger partial charge in [-0.05, 0) is 25.3 Å². The standard InChI is InChI=1S/C15H21N5O2S/c1-3-19-10-16-18-14(19)12-9-20(6-7-22-12)15(21)17-11(2)13-5-4-8-23-13/h4-5,8,10-12H,3,6-7,9H2,1-2H3,(H,17,21)/t11-,12-/m1/s1. The lowest BCUT2D eigenvalue weighted by Gasteiger charge is -2.33. The van der Waals surface area contributed by atoms with Crippen LogP contribution in [-0.4, -0.2) is 45.4 Å². The number of hydrogen-bond donors (Lipinski definition) is 1. The summed E-state index contributed by atoms with van der Waals surface area (Å²) < 4.78 is 7.72. The third kappa shape index (κ3) is 3.53. The van der Waals surface area contributed by atoms with Crippen LogP contribution in [0.2, 0.25) is 0 Å². The molecule has 2 amide bonds. The lowest BCUT2D eigenvalue weighted by atomic mass is 10.2. The number of thiophene rings is 1. The molecule has 23 heavy (non-hydrogen) atoms. The van der Waals surface area contributed by atoms with E-state index in [1.165, 1.54) is 0 Å². The van der Waals surface area contributed by atoms with Crippen molar-refractivity contribution >= 4 is 17.4 Å². The number of aryl methyl sites for hydroxylation is 1. The fourth-order valence-corrected chi connectivity index (χ4v) is 3.37. The minimum absolute atomic E-state index is 0.00286. The van der Waals surface area contributed by atoms with E-state index in [0.717, 1.165) is 17.2 Å². The number of rotatable bonds is 4. The van der Waals surface area contributed by atoms with Crippen molar-refractivity contribution in [1.82, 2.24) is 25.0 Å². The van der Waals surface area contributed by atoms with E-state index in [0.29, 0.717) is 19.7 Å². The van der Waals surface area contributed by atoms with Crippen LogP contribution in [0, 0.1) is 0 Å². The van der Waals surface area contributed by atoms with Gasteiger partial charge in [0.25, 0.3) is 0 Å².